The highest BCUT2D eigenvalue weighted by molar-refractivity contribution is 9.10. The normalized spacial score (nSPS) is 12.5. The molecule has 4 heteroatoms. The van der Waals surface area contributed by atoms with Crippen LogP contribution in [0.25, 0.3) is 21.8 Å². The zero-order chi connectivity index (χ0) is 13.8. The third kappa shape index (κ3) is 2.20. The molecule has 0 unspecified atom stereocenters. The standard InChI is InChI=1S/C15H15Br2NSi/c1-19(2,3)18-14-8-10(16)4-6-12(14)13-7-5-11(17)9-15(13)18/h4-9H,1-3H3. The summed E-state index contributed by atoms with van der Waals surface area (Å²) in [6, 6.07) is 13.2. The summed E-state index contributed by atoms with van der Waals surface area (Å²) in [5.74, 6) is 0. The second-order valence-corrected chi connectivity index (χ2v) is 12.4. The molecule has 19 heavy (non-hydrogen) atoms. The lowest BCUT2D eigenvalue weighted by atomic mass is 10.2. The Hall–Kier alpha value is -0.583. The molecule has 1 heterocycles. The number of rotatable bonds is 1. The van der Waals surface area contributed by atoms with Crippen molar-refractivity contribution in [1.29, 1.82) is 0 Å². The van der Waals surface area contributed by atoms with Gasteiger partial charge in [-0.25, -0.2) is 0 Å². The van der Waals surface area contributed by atoms with E-state index in [2.05, 4.69) is 92.1 Å². The fraction of sp³-hybridized carbons (Fsp3) is 0.200. The summed E-state index contributed by atoms with van der Waals surface area (Å²) in [6.45, 7) is 7.15. The van der Waals surface area contributed by atoms with Gasteiger partial charge < -0.3 is 4.23 Å². The molecule has 0 fully saturated rings. The van der Waals surface area contributed by atoms with E-state index < -0.39 is 8.24 Å². The minimum absolute atomic E-state index is 1.14. The molecule has 0 radical (unpaired) electrons. The van der Waals surface area contributed by atoms with Crippen LogP contribution in [0.5, 0.6) is 0 Å². The van der Waals surface area contributed by atoms with Gasteiger partial charge in [-0.1, -0.05) is 63.6 Å². The largest absolute Gasteiger partial charge is 0.368 e. The summed E-state index contributed by atoms with van der Waals surface area (Å²) in [6.07, 6.45) is 0. The number of hydrogen-bond donors (Lipinski definition) is 0. The molecule has 98 valence electrons. The van der Waals surface area contributed by atoms with Crippen LogP contribution in [0.4, 0.5) is 0 Å². The molecule has 0 bridgehead atoms. The first-order valence-corrected chi connectivity index (χ1v) is 11.3. The zero-order valence-corrected chi connectivity index (χ0v) is 15.3. The molecule has 0 aliphatic rings. The van der Waals surface area contributed by atoms with Gasteiger partial charge in [0, 0.05) is 30.8 Å². The Morgan fingerprint density at radius 2 is 1.21 bits per heavy atom. The Bertz CT molecular complexity index is 725. The molecular weight excluding hydrogens is 382 g/mol. The minimum Gasteiger partial charge on any atom is -0.368 e. The summed E-state index contributed by atoms with van der Waals surface area (Å²) in [5.41, 5.74) is 2.67. The maximum absolute atomic E-state index is 3.60. The van der Waals surface area contributed by atoms with Gasteiger partial charge in [-0.3, -0.25) is 0 Å². The van der Waals surface area contributed by atoms with Crippen molar-refractivity contribution in [3.63, 3.8) is 0 Å². The number of aromatic nitrogens is 1. The van der Waals surface area contributed by atoms with Gasteiger partial charge in [0.05, 0.1) is 0 Å². The second-order valence-electron chi connectivity index (χ2n) is 5.83. The molecule has 0 atom stereocenters. The summed E-state index contributed by atoms with van der Waals surface area (Å²) >= 11 is 7.20. The van der Waals surface area contributed by atoms with Crippen LogP contribution in [-0.2, 0) is 0 Å². The highest BCUT2D eigenvalue weighted by Crippen LogP contribution is 2.34. The highest BCUT2D eigenvalue weighted by Gasteiger charge is 2.22. The Morgan fingerprint density at radius 1 is 0.789 bits per heavy atom. The van der Waals surface area contributed by atoms with Gasteiger partial charge in [0.25, 0.3) is 0 Å². The number of hydrogen-bond acceptors (Lipinski definition) is 0. The van der Waals surface area contributed by atoms with Crippen molar-refractivity contribution < 1.29 is 0 Å². The first-order valence-electron chi connectivity index (χ1n) is 6.27. The van der Waals surface area contributed by atoms with Crippen LogP contribution < -0.4 is 0 Å². The molecule has 1 nitrogen and oxygen atoms in total. The van der Waals surface area contributed by atoms with Crippen molar-refractivity contribution in [2.75, 3.05) is 0 Å². The number of benzene rings is 2. The number of nitrogens with zero attached hydrogens (tertiary/aromatic N) is 1. The van der Waals surface area contributed by atoms with E-state index in [0.29, 0.717) is 0 Å². The van der Waals surface area contributed by atoms with Gasteiger partial charge in [0.2, 0.25) is 0 Å². The predicted molar refractivity (Wildman–Crippen MR) is 93.6 cm³/mol. The summed E-state index contributed by atoms with van der Waals surface area (Å²) in [7, 11) is -1.48. The fourth-order valence-electron chi connectivity index (χ4n) is 2.69. The van der Waals surface area contributed by atoms with E-state index in [1.807, 2.05) is 0 Å². The predicted octanol–water partition coefficient (Wildman–Crippen LogP) is 6.00. The van der Waals surface area contributed by atoms with E-state index in [1.165, 1.54) is 21.8 Å². The van der Waals surface area contributed by atoms with E-state index >= 15 is 0 Å². The van der Waals surface area contributed by atoms with Gasteiger partial charge in [0.1, 0.15) is 0 Å². The summed E-state index contributed by atoms with van der Waals surface area (Å²) in [5, 5.41) is 2.68. The van der Waals surface area contributed by atoms with E-state index in [1.54, 1.807) is 0 Å². The Balaban J connectivity index is 2.59. The van der Waals surface area contributed by atoms with Crippen LogP contribution in [0.3, 0.4) is 0 Å². The molecule has 0 amide bonds. The summed E-state index contributed by atoms with van der Waals surface area (Å²) in [4.78, 5) is 0. The van der Waals surface area contributed by atoms with Gasteiger partial charge in [-0.2, -0.15) is 0 Å². The van der Waals surface area contributed by atoms with E-state index in [9.17, 15) is 0 Å². The Labute approximate surface area is 131 Å². The quantitative estimate of drug-likeness (QED) is 0.444. The lowest BCUT2D eigenvalue weighted by molar-refractivity contribution is 1.25. The number of fused-ring (bicyclic) bond motifs is 3. The smallest absolute Gasteiger partial charge is 0.153 e. The SMILES string of the molecule is C[Si](C)(C)n1c2cc(Br)ccc2c2ccc(Br)cc21. The molecule has 0 spiro atoms. The van der Waals surface area contributed by atoms with Crippen LogP contribution in [0.15, 0.2) is 45.3 Å². The average molecular weight is 397 g/mol. The summed E-state index contributed by atoms with van der Waals surface area (Å²) < 4.78 is 4.83. The van der Waals surface area contributed by atoms with Gasteiger partial charge in [-0.15, -0.1) is 0 Å². The van der Waals surface area contributed by atoms with Crippen molar-refractivity contribution in [2.24, 2.45) is 0 Å². The molecule has 3 rings (SSSR count). The minimum atomic E-state index is -1.48. The third-order valence-corrected chi connectivity index (χ3v) is 6.17. The van der Waals surface area contributed by atoms with Crippen molar-refractivity contribution in [1.82, 2.24) is 4.23 Å². The molecule has 2 aromatic carbocycles. The molecule has 0 N–H and O–H groups in total. The van der Waals surface area contributed by atoms with Crippen molar-refractivity contribution in [3.05, 3.63) is 45.3 Å². The fourth-order valence-corrected chi connectivity index (χ4v) is 5.20. The maximum atomic E-state index is 3.60. The molecule has 0 aliphatic carbocycles. The first kappa shape index (κ1) is 13.4. The Kier molecular flexibility index (Phi) is 3.15. The van der Waals surface area contributed by atoms with Gasteiger partial charge >= 0.3 is 0 Å². The molecular formula is C15H15Br2NSi. The zero-order valence-electron chi connectivity index (χ0n) is 11.2. The molecule has 3 aromatic rings. The first-order chi connectivity index (χ1) is 8.88. The van der Waals surface area contributed by atoms with Crippen molar-refractivity contribution >= 4 is 61.9 Å². The van der Waals surface area contributed by atoms with Gasteiger partial charge in [-0.05, 0) is 24.3 Å². The van der Waals surface area contributed by atoms with Crippen molar-refractivity contribution in [3.8, 4) is 0 Å². The molecule has 0 saturated heterocycles. The lowest BCUT2D eigenvalue weighted by Crippen LogP contribution is -2.31. The number of halogens is 2. The average Bonchev–Trinajstić information content (AvgIpc) is 2.60. The molecule has 1 aromatic heterocycles. The van der Waals surface area contributed by atoms with Crippen LogP contribution in [0.2, 0.25) is 19.6 Å². The van der Waals surface area contributed by atoms with Crippen LogP contribution in [0, 0.1) is 0 Å². The lowest BCUT2D eigenvalue weighted by Gasteiger charge is -2.22. The van der Waals surface area contributed by atoms with Crippen LogP contribution in [0.1, 0.15) is 0 Å². The van der Waals surface area contributed by atoms with E-state index in [0.717, 1.165) is 8.95 Å². The monoisotopic (exact) mass is 395 g/mol. The van der Waals surface area contributed by atoms with Crippen LogP contribution >= 0.6 is 31.9 Å². The van der Waals surface area contributed by atoms with Crippen molar-refractivity contribution in [2.45, 2.75) is 19.6 Å². The van der Waals surface area contributed by atoms with E-state index in [4.69, 9.17) is 0 Å². The Morgan fingerprint density at radius 3 is 1.58 bits per heavy atom. The van der Waals surface area contributed by atoms with Crippen LogP contribution in [-0.4, -0.2) is 12.5 Å². The van der Waals surface area contributed by atoms with Gasteiger partial charge in [0.15, 0.2) is 8.24 Å². The highest BCUT2D eigenvalue weighted by atomic mass is 79.9. The third-order valence-electron chi connectivity index (χ3n) is 3.36. The molecule has 0 aliphatic heterocycles. The topological polar surface area (TPSA) is 4.93 Å². The van der Waals surface area contributed by atoms with E-state index in [-0.39, 0.29) is 0 Å². The molecule has 0 saturated carbocycles. The maximum Gasteiger partial charge on any atom is 0.153 e. The second kappa shape index (κ2) is 4.47.